The second-order valence-electron chi connectivity index (χ2n) is 6.18. The number of methoxy groups -OCH3 is 1. The third-order valence-corrected chi connectivity index (χ3v) is 7.35. The number of nitrogens with zero attached hydrogens (tertiary/aromatic N) is 3. The van der Waals surface area contributed by atoms with E-state index < -0.39 is 0 Å². The first-order valence-electron chi connectivity index (χ1n) is 8.42. The summed E-state index contributed by atoms with van der Waals surface area (Å²) >= 11 is 7.09. The molecule has 25 heavy (non-hydrogen) atoms. The zero-order chi connectivity index (χ0) is 18.2. The maximum atomic E-state index is 5.13. The molecule has 1 fully saturated rings. The van der Waals surface area contributed by atoms with Crippen molar-refractivity contribution in [2.24, 2.45) is 7.05 Å². The minimum Gasteiger partial charge on any atom is -0.185 e. The molecule has 7 heteroatoms. The number of rotatable bonds is 4. The summed E-state index contributed by atoms with van der Waals surface area (Å²) in [6, 6.07) is 9.03. The van der Waals surface area contributed by atoms with E-state index in [-0.39, 0.29) is 0 Å². The van der Waals surface area contributed by atoms with Crippen molar-refractivity contribution in [1.29, 1.82) is 0 Å². The molecular weight excluding hydrogens is 723 g/mol. The molecule has 0 spiro atoms. The number of aryl methyl sites for hydroxylation is 1. The maximum absolute atomic E-state index is 5.13. The third-order valence-electron chi connectivity index (χ3n) is 4.32. The van der Waals surface area contributed by atoms with E-state index in [0.29, 0.717) is 0 Å². The molecule has 1 heterocycles. The summed E-state index contributed by atoms with van der Waals surface area (Å²) in [7, 11) is 3.73. The zero-order valence-corrected chi connectivity index (χ0v) is 21.2. The van der Waals surface area contributed by atoms with Crippen LogP contribution >= 0.6 is 45.7 Å². The van der Waals surface area contributed by atoms with Gasteiger partial charge in [0, 0.05) is 51.8 Å². The van der Waals surface area contributed by atoms with Crippen molar-refractivity contribution in [3.05, 3.63) is 46.0 Å². The van der Waals surface area contributed by atoms with E-state index in [9.17, 15) is 0 Å². The standard InChI is InChI=1S/C12H14N2O.C6H11I2N.Pt/c1-13-7-8-14(10-13)9-11-3-5-12(15-2)6-4-11;7-9(8)6-4-2-1-3-5-6;/h3-8H,9H2,1-2H3;6H,1-5H2;. The van der Waals surface area contributed by atoms with Gasteiger partial charge in [0.2, 0.25) is 0 Å². The minimum absolute atomic E-state index is 0.861. The molecule has 2 aromatic rings. The predicted octanol–water partition coefficient (Wildman–Crippen LogP) is 5.28. The molecule has 4 nitrogen and oxygen atoms in total. The van der Waals surface area contributed by atoms with Crippen LogP contribution in [0.4, 0.5) is 0 Å². The first-order chi connectivity index (χ1) is 12.0. The van der Waals surface area contributed by atoms with Gasteiger partial charge in [-0.05, 0) is 12.8 Å². The summed E-state index contributed by atoms with van der Waals surface area (Å²) in [5.41, 5.74) is 1.27. The first-order valence-corrected chi connectivity index (χ1v) is 11.5. The Kier molecular flexibility index (Phi) is 9.73. The Morgan fingerprint density at radius 1 is 1.12 bits per heavy atom. The van der Waals surface area contributed by atoms with Gasteiger partial charge in [0.05, 0.1) is 0 Å². The van der Waals surface area contributed by atoms with Gasteiger partial charge >= 0.3 is 106 Å². The molecule has 0 radical (unpaired) electrons. The van der Waals surface area contributed by atoms with Crippen LogP contribution in [0.15, 0.2) is 36.7 Å². The Bertz CT molecular complexity index is 691. The van der Waals surface area contributed by atoms with Crippen molar-refractivity contribution in [1.82, 2.24) is 10.5 Å². The van der Waals surface area contributed by atoms with Gasteiger partial charge in [0.15, 0.2) is 0 Å². The Balaban J connectivity index is 0.000000212. The van der Waals surface area contributed by atoms with Crippen LogP contribution in [0.1, 0.15) is 37.7 Å². The Morgan fingerprint density at radius 3 is 2.20 bits per heavy atom. The molecule has 1 aromatic carbocycles. The van der Waals surface area contributed by atoms with Crippen molar-refractivity contribution < 1.29 is 24.1 Å². The van der Waals surface area contributed by atoms with Gasteiger partial charge in [-0.25, -0.2) is 0 Å². The summed E-state index contributed by atoms with van der Waals surface area (Å²) < 4.78 is 13.0. The monoisotopic (exact) mass is 748 g/mol. The molecule has 0 bridgehead atoms. The van der Waals surface area contributed by atoms with Crippen LogP contribution in [0.3, 0.4) is 0 Å². The van der Waals surface area contributed by atoms with Crippen LogP contribution in [0.25, 0.3) is 0 Å². The zero-order valence-electron chi connectivity index (χ0n) is 14.6. The SMILES string of the molecule is COc1ccc(Cn2ccn(C)[c]2=[Pt])cc1.IN(I)C1CCCCC1. The molecule has 1 aliphatic rings. The molecule has 1 aliphatic carbocycles. The van der Waals surface area contributed by atoms with Crippen molar-refractivity contribution in [2.45, 2.75) is 44.7 Å². The number of ether oxygens (including phenoxy) is 1. The predicted molar refractivity (Wildman–Crippen MR) is 115 cm³/mol. The quantitative estimate of drug-likeness (QED) is 0.314. The van der Waals surface area contributed by atoms with Crippen molar-refractivity contribution in [2.75, 3.05) is 7.11 Å². The molecule has 1 aromatic heterocycles. The summed E-state index contributed by atoms with van der Waals surface area (Å²) in [5, 5.41) is 0. The van der Waals surface area contributed by atoms with E-state index in [0.717, 1.165) is 18.3 Å². The van der Waals surface area contributed by atoms with E-state index in [2.05, 4.69) is 100 Å². The summed E-state index contributed by atoms with van der Waals surface area (Å²) in [6.45, 7) is 0.893. The van der Waals surface area contributed by atoms with Gasteiger partial charge < -0.3 is 0 Å². The number of benzene rings is 1. The van der Waals surface area contributed by atoms with E-state index in [1.165, 1.54) is 41.5 Å². The maximum Gasteiger partial charge on any atom is 0.0311 e. The molecule has 0 N–H and O–H groups in total. The fourth-order valence-electron chi connectivity index (χ4n) is 2.81. The van der Waals surface area contributed by atoms with E-state index in [4.69, 9.17) is 4.74 Å². The van der Waals surface area contributed by atoms with Gasteiger partial charge in [0.25, 0.3) is 0 Å². The molecule has 0 amide bonds. The second kappa shape index (κ2) is 11.2. The van der Waals surface area contributed by atoms with Crippen molar-refractivity contribution in [3.8, 4) is 5.75 Å². The molecule has 0 saturated heterocycles. The molecule has 142 valence electrons. The third kappa shape index (κ3) is 7.11. The van der Waals surface area contributed by atoms with Crippen LogP contribution in [-0.2, 0) is 32.9 Å². The van der Waals surface area contributed by atoms with Crippen LogP contribution in [-0.4, -0.2) is 23.6 Å². The Morgan fingerprint density at radius 2 is 1.76 bits per heavy atom. The van der Waals surface area contributed by atoms with Crippen LogP contribution in [0.2, 0.25) is 0 Å². The molecule has 3 rings (SSSR count). The van der Waals surface area contributed by atoms with E-state index in [1.54, 1.807) is 7.11 Å². The van der Waals surface area contributed by atoms with E-state index in [1.807, 2.05) is 19.2 Å². The number of halogens is 2. The fraction of sp³-hybridized carbons (Fsp3) is 0.500. The normalized spacial score (nSPS) is 15.0. The molecule has 1 saturated carbocycles. The average molecular weight is 748 g/mol. The minimum atomic E-state index is 0.861. The second-order valence-corrected chi connectivity index (χ2v) is 11.1. The summed E-state index contributed by atoms with van der Waals surface area (Å²) in [5.74, 6) is 0.900. The summed E-state index contributed by atoms with van der Waals surface area (Å²) in [6.07, 6.45) is 11.3. The van der Waals surface area contributed by atoms with Crippen molar-refractivity contribution >= 4 is 45.7 Å². The van der Waals surface area contributed by atoms with Crippen LogP contribution in [0.5, 0.6) is 5.75 Å². The van der Waals surface area contributed by atoms with Gasteiger partial charge in [0.1, 0.15) is 0 Å². The van der Waals surface area contributed by atoms with Gasteiger partial charge in [-0.1, -0.05) is 19.3 Å². The molecule has 0 aliphatic heterocycles. The summed E-state index contributed by atoms with van der Waals surface area (Å²) in [4.78, 5) is 0. The number of hydrogen-bond acceptors (Lipinski definition) is 2. The topological polar surface area (TPSA) is 22.3 Å². The smallest absolute Gasteiger partial charge is 0.0311 e. The first kappa shape index (κ1) is 21.6. The average Bonchev–Trinajstić information content (AvgIpc) is 2.96. The van der Waals surface area contributed by atoms with E-state index >= 15 is 0 Å². The van der Waals surface area contributed by atoms with Gasteiger partial charge in [-0.15, -0.1) is 0 Å². The van der Waals surface area contributed by atoms with Crippen molar-refractivity contribution in [3.63, 3.8) is 0 Å². The molecule has 0 unspecified atom stereocenters. The van der Waals surface area contributed by atoms with Crippen LogP contribution < -0.4 is 4.74 Å². The van der Waals surface area contributed by atoms with Gasteiger partial charge in [-0.2, -0.15) is 1.33 Å². The fourth-order valence-corrected chi connectivity index (χ4v) is 4.45. The Labute approximate surface area is 189 Å². The largest absolute Gasteiger partial charge is 0.185 e. The van der Waals surface area contributed by atoms with Crippen LogP contribution in [0, 0.1) is 3.80 Å². The molecular formula is C18H25I2N3OPt. The number of aromatic nitrogens is 2. The van der Waals surface area contributed by atoms with Gasteiger partial charge in [-0.3, -0.25) is 0 Å². The number of imidazole rings is 1. The Hall–Kier alpha value is 0.338. The number of hydrogen-bond donors (Lipinski definition) is 0. The molecule has 0 atom stereocenters.